The van der Waals surface area contributed by atoms with E-state index in [4.69, 9.17) is 0 Å². The number of hydrogen-bond donors (Lipinski definition) is 2. The zero-order valence-corrected chi connectivity index (χ0v) is 19.2. The van der Waals surface area contributed by atoms with Crippen LogP contribution in [-0.2, 0) is 21.2 Å². The van der Waals surface area contributed by atoms with Crippen LogP contribution in [0.4, 0.5) is 0 Å². The molecule has 1 amide bonds. The summed E-state index contributed by atoms with van der Waals surface area (Å²) in [6, 6.07) is 9.21. The van der Waals surface area contributed by atoms with Crippen LogP contribution in [0.15, 0.2) is 24.3 Å². The van der Waals surface area contributed by atoms with Gasteiger partial charge in [0.05, 0.1) is 11.5 Å². The van der Waals surface area contributed by atoms with Crippen LogP contribution in [0.2, 0.25) is 0 Å². The van der Waals surface area contributed by atoms with Crippen molar-refractivity contribution < 1.29 is 23.0 Å². The summed E-state index contributed by atoms with van der Waals surface area (Å²) in [5.74, 6) is 1.14. The lowest BCUT2D eigenvalue weighted by Gasteiger charge is -2.33. The zero-order chi connectivity index (χ0) is 21.3. The summed E-state index contributed by atoms with van der Waals surface area (Å²) in [5.41, 5.74) is 2.77. The van der Waals surface area contributed by atoms with Gasteiger partial charge in [0.15, 0.2) is 16.4 Å². The van der Waals surface area contributed by atoms with E-state index in [0.717, 1.165) is 45.6 Å². The predicted molar refractivity (Wildman–Crippen MR) is 117 cm³/mol. The fourth-order valence-corrected chi connectivity index (χ4v) is 6.69. The number of carbonyl (C=O) groups excluding carboxylic acids is 1. The van der Waals surface area contributed by atoms with Gasteiger partial charge in [-0.2, -0.15) is 0 Å². The summed E-state index contributed by atoms with van der Waals surface area (Å²) >= 11 is 0. The van der Waals surface area contributed by atoms with Crippen molar-refractivity contribution in [3.8, 4) is 0 Å². The first kappa shape index (κ1) is 21.8. The number of amides is 1. The summed E-state index contributed by atoms with van der Waals surface area (Å²) in [6.07, 6.45) is 2.68. The van der Waals surface area contributed by atoms with Gasteiger partial charge in [-0.1, -0.05) is 38.1 Å². The zero-order valence-electron chi connectivity index (χ0n) is 18.4. The van der Waals surface area contributed by atoms with E-state index >= 15 is 0 Å². The number of rotatable bonds is 7. The van der Waals surface area contributed by atoms with Crippen LogP contribution in [0.25, 0.3) is 0 Å². The maximum absolute atomic E-state index is 13.1. The molecule has 166 valence electrons. The van der Waals surface area contributed by atoms with Crippen molar-refractivity contribution in [1.82, 2.24) is 4.90 Å². The lowest BCUT2D eigenvalue weighted by molar-refractivity contribution is -1.02. The summed E-state index contributed by atoms with van der Waals surface area (Å²) in [4.78, 5) is 17.9. The number of quaternary nitrogens is 2. The van der Waals surface area contributed by atoms with Crippen molar-refractivity contribution in [2.24, 2.45) is 0 Å². The Labute approximate surface area is 181 Å². The molecule has 0 aromatic heterocycles. The molecule has 1 saturated carbocycles. The number of nitrogens with zero attached hydrogens (tertiary/aromatic N) is 1. The molecule has 1 atom stereocenters. The predicted octanol–water partition coefficient (Wildman–Crippen LogP) is -0.728. The van der Waals surface area contributed by atoms with E-state index in [1.165, 1.54) is 16.0 Å². The molecule has 2 N–H and O–H groups in total. The Bertz CT molecular complexity index is 841. The minimum absolute atomic E-state index is 0.0878. The maximum atomic E-state index is 13.1. The van der Waals surface area contributed by atoms with Gasteiger partial charge in [0.25, 0.3) is 5.91 Å². The average Bonchev–Trinajstić information content (AvgIpc) is 3.46. The van der Waals surface area contributed by atoms with Crippen molar-refractivity contribution in [3.63, 3.8) is 0 Å². The number of hydrogen-bond acceptors (Lipinski definition) is 3. The molecule has 4 rings (SSSR count). The molecule has 1 aliphatic carbocycles. The lowest BCUT2D eigenvalue weighted by atomic mass is 10.0. The van der Waals surface area contributed by atoms with Crippen LogP contribution in [-0.4, -0.2) is 75.5 Å². The Kier molecular flexibility index (Phi) is 6.51. The monoisotopic (exact) mass is 435 g/mol. The van der Waals surface area contributed by atoms with Crippen LogP contribution < -0.4 is 9.80 Å². The topological polar surface area (TPSA) is 63.3 Å². The highest BCUT2D eigenvalue weighted by Crippen LogP contribution is 2.32. The lowest BCUT2D eigenvalue weighted by Crippen LogP contribution is -3.28. The van der Waals surface area contributed by atoms with Gasteiger partial charge in [-0.15, -0.1) is 0 Å². The molecule has 2 heterocycles. The van der Waals surface area contributed by atoms with Crippen LogP contribution >= 0.6 is 0 Å². The Morgan fingerprint density at radius 2 is 1.63 bits per heavy atom. The van der Waals surface area contributed by atoms with Crippen LogP contribution in [0, 0.1) is 0 Å². The summed E-state index contributed by atoms with van der Waals surface area (Å²) in [7, 11) is -2.96. The SMILES string of the molecule is CC(C)c1ccc(C[NH+]2CC[NH+](CC(=O)N(C3CC3)[C@H]3CCS(=O)(=O)C3)CC2)cc1. The first-order valence-corrected chi connectivity index (χ1v) is 13.4. The van der Waals surface area contributed by atoms with Crippen molar-refractivity contribution in [2.75, 3.05) is 44.2 Å². The Morgan fingerprint density at radius 3 is 2.17 bits per heavy atom. The third kappa shape index (κ3) is 5.42. The molecule has 0 unspecified atom stereocenters. The van der Waals surface area contributed by atoms with E-state index < -0.39 is 9.84 Å². The van der Waals surface area contributed by atoms with Crippen LogP contribution in [0.1, 0.15) is 50.2 Å². The van der Waals surface area contributed by atoms with Gasteiger partial charge in [-0.25, -0.2) is 8.42 Å². The van der Waals surface area contributed by atoms with Gasteiger partial charge in [0.2, 0.25) is 0 Å². The van der Waals surface area contributed by atoms with Gasteiger partial charge < -0.3 is 14.7 Å². The van der Waals surface area contributed by atoms with Crippen LogP contribution in [0.5, 0.6) is 0 Å². The first-order valence-electron chi connectivity index (χ1n) is 11.6. The van der Waals surface area contributed by atoms with Crippen LogP contribution in [0.3, 0.4) is 0 Å². The average molecular weight is 436 g/mol. The number of carbonyl (C=O) groups is 1. The third-order valence-corrected chi connectivity index (χ3v) is 8.75. The van der Waals surface area contributed by atoms with E-state index in [1.807, 2.05) is 4.90 Å². The molecule has 0 spiro atoms. The van der Waals surface area contributed by atoms with Gasteiger partial charge in [0.1, 0.15) is 32.7 Å². The Morgan fingerprint density at radius 1 is 1.00 bits per heavy atom. The largest absolute Gasteiger partial charge is 0.331 e. The van der Waals surface area contributed by atoms with E-state index in [9.17, 15) is 13.2 Å². The second-order valence-electron chi connectivity index (χ2n) is 9.84. The van der Waals surface area contributed by atoms with Crippen molar-refractivity contribution >= 4 is 15.7 Å². The van der Waals surface area contributed by atoms with Crippen molar-refractivity contribution in [2.45, 2.75) is 57.7 Å². The smallest absolute Gasteiger partial charge is 0.278 e. The third-order valence-electron chi connectivity index (χ3n) is 7.00. The molecule has 6 nitrogen and oxygen atoms in total. The summed E-state index contributed by atoms with van der Waals surface area (Å²) < 4.78 is 23.8. The molecule has 0 bridgehead atoms. The molecular weight excluding hydrogens is 398 g/mol. The fourth-order valence-electron chi connectivity index (χ4n) is 4.98. The highest BCUT2D eigenvalue weighted by molar-refractivity contribution is 7.91. The highest BCUT2D eigenvalue weighted by Gasteiger charge is 2.43. The standard InChI is InChI=1S/C23H35N3O3S/c1-18(2)20-5-3-19(4-6-20)15-24-10-12-25(13-11-24)16-23(27)26(21-7-8-21)22-9-14-30(28,29)17-22/h3-6,18,21-22H,7-17H2,1-2H3/p+2/t22-/m0/s1. The Hall–Kier alpha value is -1.44. The molecule has 2 aliphatic heterocycles. The highest BCUT2D eigenvalue weighted by atomic mass is 32.2. The number of piperazine rings is 1. The second kappa shape index (κ2) is 8.97. The molecule has 1 aromatic carbocycles. The second-order valence-corrected chi connectivity index (χ2v) is 12.1. The number of benzene rings is 1. The van der Waals surface area contributed by atoms with Gasteiger partial charge >= 0.3 is 0 Å². The Balaban J connectivity index is 1.26. The summed E-state index contributed by atoms with van der Waals surface area (Å²) in [6.45, 7) is 10.2. The van der Waals surface area contributed by atoms with Gasteiger partial charge in [-0.3, -0.25) is 4.79 Å². The quantitative estimate of drug-likeness (QED) is 0.594. The minimum Gasteiger partial charge on any atom is -0.331 e. The summed E-state index contributed by atoms with van der Waals surface area (Å²) in [5, 5.41) is 0. The molecule has 3 aliphatic rings. The van der Waals surface area contributed by atoms with Gasteiger partial charge in [-0.05, 0) is 30.7 Å². The van der Waals surface area contributed by atoms with E-state index in [2.05, 4.69) is 38.1 Å². The first-order chi connectivity index (χ1) is 14.3. The molecule has 2 saturated heterocycles. The molecule has 1 aromatic rings. The van der Waals surface area contributed by atoms with Crippen molar-refractivity contribution in [3.05, 3.63) is 35.4 Å². The number of sulfone groups is 1. The fraction of sp³-hybridized carbons (Fsp3) is 0.696. The number of nitrogens with one attached hydrogen (secondary N) is 2. The minimum atomic E-state index is -2.96. The molecule has 3 fully saturated rings. The molecule has 7 heteroatoms. The maximum Gasteiger partial charge on any atom is 0.278 e. The van der Waals surface area contributed by atoms with E-state index in [-0.39, 0.29) is 29.5 Å². The van der Waals surface area contributed by atoms with E-state index in [0.29, 0.717) is 18.9 Å². The van der Waals surface area contributed by atoms with Crippen molar-refractivity contribution in [1.29, 1.82) is 0 Å². The molecular formula is C23H37N3O3S+2. The van der Waals surface area contributed by atoms with E-state index in [1.54, 1.807) is 4.90 Å². The molecule has 30 heavy (non-hydrogen) atoms. The molecule has 0 radical (unpaired) electrons. The van der Waals surface area contributed by atoms with Gasteiger partial charge in [0, 0.05) is 17.6 Å². The normalized spacial score (nSPS) is 28.6.